The highest BCUT2D eigenvalue weighted by atomic mass is 19.1. The van der Waals surface area contributed by atoms with E-state index in [4.69, 9.17) is 13.6 Å². The van der Waals surface area contributed by atoms with E-state index in [1.165, 1.54) is 35.2 Å². The van der Waals surface area contributed by atoms with Crippen LogP contribution in [0.1, 0.15) is 26.3 Å². The smallest absolute Gasteiger partial charge is 0.422 e. The van der Waals surface area contributed by atoms with Crippen molar-refractivity contribution >= 4 is 60.9 Å². The number of rotatable bonds is 2. The number of halogens is 2. The second-order valence-electron chi connectivity index (χ2n) is 10.8. The summed E-state index contributed by atoms with van der Waals surface area (Å²) >= 11 is 0. The molecule has 42 heavy (non-hydrogen) atoms. The molecule has 0 amide bonds. The molecule has 0 aliphatic heterocycles. The molecule has 10 nitrogen and oxygen atoms in total. The summed E-state index contributed by atoms with van der Waals surface area (Å²) in [6, 6.07) is 8.41. The van der Waals surface area contributed by atoms with Crippen LogP contribution in [0, 0.1) is 11.6 Å². The Hall–Kier alpha value is -5.39. The van der Waals surface area contributed by atoms with E-state index in [0.717, 1.165) is 12.4 Å². The molecule has 12 heteroatoms. The maximum Gasteiger partial charge on any atom is 0.422 e. The van der Waals surface area contributed by atoms with Gasteiger partial charge in [-0.15, -0.1) is 0 Å². The van der Waals surface area contributed by atoms with Crippen molar-refractivity contribution in [1.29, 1.82) is 0 Å². The van der Waals surface area contributed by atoms with Gasteiger partial charge >= 0.3 is 11.7 Å². The van der Waals surface area contributed by atoms with Crippen LogP contribution in [-0.4, -0.2) is 30.8 Å². The normalized spacial score (nSPS) is 12.3. The summed E-state index contributed by atoms with van der Waals surface area (Å²) in [5.74, 6) is -1.34. The Labute approximate surface area is 233 Å². The van der Waals surface area contributed by atoms with Gasteiger partial charge in [0.25, 0.3) is 5.56 Å². The van der Waals surface area contributed by atoms with Crippen LogP contribution in [0.4, 0.5) is 13.6 Å². The standard InChI is InChI=1S/C30H20F2N4O6/c1-30(2,3)42-29(39)36-13-34-20-10-18(31)14(9-17(20)27(36)37)12-35-21-11-19(32)15-6-8-40-25(15)23(21)22-16-5-4-7-33-26(16)41-28(38)24(22)35/h4-11,13H,12H2,1-3H3. The molecule has 210 valence electrons. The Morgan fingerprint density at radius 2 is 1.81 bits per heavy atom. The van der Waals surface area contributed by atoms with Crippen LogP contribution in [0.2, 0.25) is 0 Å². The number of benzene rings is 2. The number of aromatic nitrogens is 4. The van der Waals surface area contributed by atoms with Crippen molar-refractivity contribution in [2.75, 3.05) is 0 Å². The third-order valence-corrected chi connectivity index (χ3v) is 6.98. The minimum atomic E-state index is -0.939. The van der Waals surface area contributed by atoms with Crippen LogP contribution in [0.3, 0.4) is 0 Å². The summed E-state index contributed by atoms with van der Waals surface area (Å²) in [6.45, 7) is 4.65. The lowest BCUT2D eigenvalue weighted by Crippen LogP contribution is -2.33. The maximum atomic E-state index is 15.5. The lowest BCUT2D eigenvalue weighted by atomic mass is 10.1. The van der Waals surface area contributed by atoms with Gasteiger partial charge in [-0.25, -0.2) is 32.9 Å². The molecule has 0 bridgehead atoms. The Bertz CT molecular complexity index is 2390. The molecule has 0 unspecified atom stereocenters. The lowest BCUT2D eigenvalue weighted by molar-refractivity contribution is 0.0530. The molecule has 0 spiro atoms. The summed E-state index contributed by atoms with van der Waals surface area (Å²) in [5, 5.41) is 1.45. The molecular formula is C30H20F2N4O6. The van der Waals surface area contributed by atoms with Gasteiger partial charge in [-0.1, -0.05) is 0 Å². The summed E-state index contributed by atoms with van der Waals surface area (Å²) in [4.78, 5) is 47.5. The maximum absolute atomic E-state index is 15.5. The van der Waals surface area contributed by atoms with E-state index in [1.54, 1.807) is 32.9 Å². The molecule has 0 radical (unpaired) electrons. The first-order valence-electron chi connectivity index (χ1n) is 12.8. The van der Waals surface area contributed by atoms with Gasteiger partial charge < -0.3 is 18.1 Å². The highest BCUT2D eigenvalue weighted by molar-refractivity contribution is 6.25. The van der Waals surface area contributed by atoms with Crippen molar-refractivity contribution in [3.63, 3.8) is 0 Å². The van der Waals surface area contributed by atoms with Gasteiger partial charge in [0.1, 0.15) is 34.7 Å². The largest absolute Gasteiger partial charge is 0.463 e. The molecule has 0 aliphatic rings. The summed E-state index contributed by atoms with van der Waals surface area (Å²) in [5.41, 5.74) is -1.87. The Morgan fingerprint density at radius 1 is 1.00 bits per heavy atom. The van der Waals surface area contributed by atoms with Crippen LogP contribution < -0.4 is 11.2 Å². The van der Waals surface area contributed by atoms with Crippen molar-refractivity contribution in [2.24, 2.45) is 0 Å². The predicted octanol–water partition coefficient (Wildman–Crippen LogP) is 5.86. The second-order valence-corrected chi connectivity index (χ2v) is 10.8. The average Bonchev–Trinajstić information content (AvgIpc) is 3.53. The summed E-state index contributed by atoms with van der Waals surface area (Å²) in [6.07, 6.45) is 2.85. The fourth-order valence-electron chi connectivity index (χ4n) is 5.26. The van der Waals surface area contributed by atoms with Gasteiger partial charge in [0.15, 0.2) is 0 Å². The van der Waals surface area contributed by atoms with Crippen molar-refractivity contribution in [2.45, 2.75) is 32.9 Å². The highest BCUT2D eigenvalue weighted by Gasteiger charge is 2.25. The number of carbonyl (C=O) groups is 1. The zero-order valence-electron chi connectivity index (χ0n) is 22.4. The topological polar surface area (TPSA) is 122 Å². The molecule has 5 heterocycles. The monoisotopic (exact) mass is 570 g/mol. The molecule has 7 rings (SSSR count). The van der Waals surface area contributed by atoms with E-state index < -0.39 is 34.5 Å². The second kappa shape index (κ2) is 8.80. The van der Waals surface area contributed by atoms with Crippen molar-refractivity contribution in [1.82, 2.24) is 19.1 Å². The SMILES string of the molecule is CC(C)(C)OC(=O)n1cnc2cc(F)c(Cn3c4cc(F)c5ccoc5c4c4c5cccnc5oc(=O)c43)cc2c1=O. The fraction of sp³-hybridized carbons (Fsp3) is 0.167. The van der Waals surface area contributed by atoms with E-state index in [1.807, 2.05) is 0 Å². The van der Waals surface area contributed by atoms with Crippen LogP contribution in [0.15, 0.2) is 73.6 Å². The third kappa shape index (κ3) is 3.79. The lowest BCUT2D eigenvalue weighted by Gasteiger charge is -2.19. The first kappa shape index (κ1) is 25.6. The fourth-order valence-corrected chi connectivity index (χ4v) is 5.26. The molecular weight excluding hydrogens is 550 g/mol. The third-order valence-electron chi connectivity index (χ3n) is 6.98. The summed E-state index contributed by atoms with van der Waals surface area (Å²) in [7, 11) is 0. The van der Waals surface area contributed by atoms with Gasteiger partial charge in [0.05, 0.1) is 40.0 Å². The molecule has 0 saturated carbocycles. The van der Waals surface area contributed by atoms with Gasteiger partial charge in [0, 0.05) is 28.6 Å². The van der Waals surface area contributed by atoms with Gasteiger partial charge in [-0.2, -0.15) is 0 Å². The average molecular weight is 571 g/mol. The Balaban J connectivity index is 1.51. The quantitative estimate of drug-likeness (QED) is 0.253. The molecule has 2 aromatic carbocycles. The van der Waals surface area contributed by atoms with Gasteiger partial charge in [-0.3, -0.25) is 4.79 Å². The van der Waals surface area contributed by atoms with Crippen LogP contribution in [0.25, 0.3) is 54.8 Å². The molecule has 5 aromatic heterocycles. The van der Waals surface area contributed by atoms with E-state index in [0.29, 0.717) is 20.7 Å². The van der Waals surface area contributed by atoms with E-state index in [2.05, 4.69) is 9.97 Å². The zero-order valence-corrected chi connectivity index (χ0v) is 22.4. The van der Waals surface area contributed by atoms with Crippen molar-refractivity contribution in [3.8, 4) is 0 Å². The van der Waals surface area contributed by atoms with Crippen molar-refractivity contribution < 1.29 is 27.1 Å². The highest BCUT2D eigenvalue weighted by Crippen LogP contribution is 2.39. The zero-order chi connectivity index (χ0) is 29.5. The number of hydrogen-bond donors (Lipinski definition) is 0. The number of hydrogen-bond acceptors (Lipinski definition) is 8. The van der Waals surface area contributed by atoms with E-state index in [9.17, 15) is 14.4 Å². The van der Waals surface area contributed by atoms with Gasteiger partial charge in [0.2, 0.25) is 5.71 Å². The molecule has 7 aromatic rings. The van der Waals surface area contributed by atoms with Crippen LogP contribution in [0.5, 0.6) is 0 Å². The van der Waals surface area contributed by atoms with Crippen molar-refractivity contribution in [3.05, 3.63) is 93.2 Å². The first-order valence-corrected chi connectivity index (χ1v) is 12.8. The van der Waals surface area contributed by atoms with E-state index in [-0.39, 0.29) is 50.7 Å². The molecule has 0 fully saturated rings. The summed E-state index contributed by atoms with van der Waals surface area (Å²) < 4.78 is 49.3. The van der Waals surface area contributed by atoms with Gasteiger partial charge in [-0.05, 0) is 51.1 Å². The molecule has 0 N–H and O–H groups in total. The minimum Gasteiger partial charge on any atom is -0.463 e. The number of ether oxygens (including phenoxy) is 1. The van der Waals surface area contributed by atoms with Crippen LogP contribution in [-0.2, 0) is 11.3 Å². The minimum absolute atomic E-state index is 0.0169. The molecule has 0 saturated heterocycles. The first-order chi connectivity index (χ1) is 20.0. The number of pyridine rings is 1. The predicted molar refractivity (Wildman–Crippen MR) is 150 cm³/mol. The molecule has 0 atom stereocenters. The Morgan fingerprint density at radius 3 is 2.60 bits per heavy atom. The van der Waals surface area contributed by atoms with Crippen LogP contribution >= 0.6 is 0 Å². The number of carbonyl (C=O) groups excluding carboxylic acids is 1. The number of fused-ring (bicyclic) bond motifs is 8. The Kier molecular flexibility index (Phi) is 5.36. The number of furan rings is 1. The molecule has 0 aliphatic carbocycles. The van der Waals surface area contributed by atoms with E-state index >= 15 is 8.78 Å². The number of nitrogens with zero attached hydrogens (tertiary/aromatic N) is 4.